The van der Waals surface area contributed by atoms with Crippen molar-refractivity contribution in [2.75, 3.05) is 29.7 Å². The van der Waals surface area contributed by atoms with E-state index in [4.69, 9.17) is 11.6 Å². The molecule has 0 bridgehead atoms. The van der Waals surface area contributed by atoms with Gasteiger partial charge in [-0.1, -0.05) is 13.8 Å². The number of carbonyl (C=O) groups is 1. The summed E-state index contributed by atoms with van der Waals surface area (Å²) in [5, 5.41) is 2.89. The molecule has 0 aliphatic heterocycles. The fourth-order valence-electron chi connectivity index (χ4n) is 1.40. The van der Waals surface area contributed by atoms with Crippen LogP contribution in [0.1, 0.15) is 13.8 Å². The average Bonchev–Trinajstić information content (AvgIpc) is 2.34. The summed E-state index contributed by atoms with van der Waals surface area (Å²) < 4.78 is 0. The van der Waals surface area contributed by atoms with Crippen LogP contribution in [0.2, 0.25) is 0 Å². The van der Waals surface area contributed by atoms with Crippen molar-refractivity contribution in [2.45, 2.75) is 19.9 Å². The normalized spacial score (nSPS) is 12.1. The van der Waals surface area contributed by atoms with E-state index in [0.29, 0.717) is 5.95 Å². The number of nitrogens with two attached hydrogens (primary N) is 2. The molecule has 0 aromatic carbocycles. The molecule has 106 valence electrons. The van der Waals surface area contributed by atoms with Crippen LogP contribution in [-0.2, 0) is 4.79 Å². The van der Waals surface area contributed by atoms with E-state index in [9.17, 15) is 4.79 Å². The summed E-state index contributed by atoms with van der Waals surface area (Å²) in [6, 6.07) is -0.567. The smallest absolute Gasteiger partial charge is 0.243 e. The van der Waals surface area contributed by atoms with Gasteiger partial charge in [0.05, 0.1) is 0 Å². The van der Waals surface area contributed by atoms with Gasteiger partial charge in [-0.3, -0.25) is 10.2 Å². The lowest BCUT2D eigenvalue weighted by Gasteiger charge is -2.20. The Morgan fingerprint density at radius 1 is 1.21 bits per heavy atom. The molecule has 1 unspecified atom stereocenters. The van der Waals surface area contributed by atoms with Crippen molar-refractivity contribution < 1.29 is 4.79 Å². The van der Waals surface area contributed by atoms with Crippen LogP contribution in [0.4, 0.5) is 17.8 Å². The number of nitrogens with zero attached hydrogens (tertiary/aromatic N) is 4. The van der Waals surface area contributed by atoms with Gasteiger partial charge < -0.3 is 16.0 Å². The van der Waals surface area contributed by atoms with Gasteiger partial charge in [-0.2, -0.15) is 15.0 Å². The Labute approximate surface area is 111 Å². The van der Waals surface area contributed by atoms with E-state index in [-0.39, 0.29) is 17.8 Å². The molecule has 0 aliphatic carbocycles. The van der Waals surface area contributed by atoms with Crippen LogP contribution < -0.4 is 27.2 Å². The van der Waals surface area contributed by atoms with Gasteiger partial charge in [0, 0.05) is 14.1 Å². The third-order valence-electron chi connectivity index (χ3n) is 2.41. The predicted molar refractivity (Wildman–Crippen MR) is 73.4 cm³/mol. The minimum Gasteiger partial charge on any atom is -0.368 e. The molecule has 6 N–H and O–H groups in total. The van der Waals surface area contributed by atoms with Gasteiger partial charge in [0.25, 0.3) is 0 Å². The monoisotopic (exact) mass is 268 g/mol. The van der Waals surface area contributed by atoms with E-state index in [2.05, 4.69) is 25.7 Å². The van der Waals surface area contributed by atoms with Gasteiger partial charge in [0.1, 0.15) is 6.04 Å². The molecular weight excluding hydrogens is 248 g/mol. The Kier molecular flexibility index (Phi) is 4.81. The van der Waals surface area contributed by atoms with Crippen molar-refractivity contribution in [3.8, 4) is 0 Å². The number of hydrogen-bond donors (Lipinski definition) is 4. The zero-order valence-electron chi connectivity index (χ0n) is 11.5. The topological polar surface area (TPSA) is 135 Å². The second-order valence-electron chi connectivity index (χ2n) is 4.59. The number of anilines is 3. The van der Waals surface area contributed by atoms with Gasteiger partial charge in [-0.15, -0.1) is 0 Å². The number of nitrogen functional groups attached to an aromatic ring is 1. The van der Waals surface area contributed by atoms with Crippen LogP contribution in [0.15, 0.2) is 0 Å². The first kappa shape index (κ1) is 14.9. The van der Waals surface area contributed by atoms with E-state index < -0.39 is 11.9 Å². The molecule has 0 radical (unpaired) electrons. The first-order valence-corrected chi connectivity index (χ1v) is 5.81. The highest BCUT2D eigenvalue weighted by Crippen LogP contribution is 2.13. The van der Waals surface area contributed by atoms with Crippen LogP contribution in [0.3, 0.4) is 0 Å². The molecule has 1 rings (SSSR count). The summed E-state index contributed by atoms with van der Waals surface area (Å²) in [6.07, 6.45) is 0. The van der Waals surface area contributed by atoms with E-state index in [1.54, 1.807) is 19.0 Å². The fourth-order valence-corrected chi connectivity index (χ4v) is 1.40. The molecule has 0 spiro atoms. The van der Waals surface area contributed by atoms with Crippen molar-refractivity contribution in [2.24, 2.45) is 17.5 Å². The molecule has 1 heterocycles. The second kappa shape index (κ2) is 6.14. The molecular formula is C10H20N8O. The Bertz CT molecular complexity index is 447. The van der Waals surface area contributed by atoms with Gasteiger partial charge in [-0.25, -0.2) is 5.84 Å². The van der Waals surface area contributed by atoms with Crippen LogP contribution in [0, 0.1) is 5.92 Å². The molecule has 1 aromatic rings. The Balaban J connectivity index is 3.05. The Morgan fingerprint density at radius 3 is 2.21 bits per heavy atom. The van der Waals surface area contributed by atoms with E-state index in [1.807, 2.05) is 13.8 Å². The Morgan fingerprint density at radius 2 is 1.79 bits per heavy atom. The fraction of sp³-hybridized carbons (Fsp3) is 0.600. The maximum Gasteiger partial charge on any atom is 0.243 e. The SMILES string of the molecule is CC(C)C(Nc1nc(NN)nc(N(C)C)n1)C(N)=O. The number of hydrazine groups is 1. The summed E-state index contributed by atoms with van der Waals surface area (Å²) in [6.45, 7) is 3.75. The molecule has 1 amide bonds. The summed E-state index contributed by atoms with van der Waals surface area (Å²) in [4.78, 5) is 25.3. The lowest BCUT2D eigenvalue weighted by Crippen LogP contribution is -2.40. The summed E-state index contributed by atoms with van der Waals surface area (Å²) in [7, 11) is 3.57. The molecule has 0 aliphatic rings. The van der Waals surface area contributed by atoms with E-state index in [0.717, 1.165) is 0 Å². The number of nitrogens with one attached hydrogen (secondary N) is 2. The van der Waals surface area contributed by atoms with Gasteiger partial charge >= 0.3 is 0 Å². The minimum atomic E-state index is -0.567. The molecule has 19 heavy (non-hydrogen) atoms. The number of aromatic nitrogens is 3. The van der Waals surface area contributed by atoms with Gasteiger partial charge in [0.15, 0.2) is 0 Å². The first-order chi connectivity index (χ1) is 8.85. The Hall–Kier alpha value is -2.16. The van der Waals surface area contributed by atoms with Crippen LogP contribution in [-0.4, -0.2) is 41.0 Å². The number of primary amides is 1. The molecule has 9 nitrogen and oxygen atoms in total. The second-order valence-corrected chi connectivity index (χ2v) is 4.59. The minimum absolute atomic E-state index is 0.00589. The summed E-state index contributed by atoms with van der Waals surface area (Å²) in [5.41, 5.74) is 7.68. The maximum absolute atomic E-state index is 11.4. The maximum atomic E-state index is 11.4. The van der Waals surface area contributed by atoms with E-state index >= 15 is 0 Å². The third kappa shape index (κ3) is 3.91. The number of amides is 1. The molecule has 0 fully saturated rings. The largest absolute Gasteiger partial charge is 0.368 e. The lowest BCUT2D eigenvalue weighted by atomic mass is 10.0. The van der Waals surface area contributed by atoms with Crippen molar-refractivity contribution in [1.29, 1.82) is 0 Å². The van der Waals surface area contributed by atoms with Crippen molar-refractivity contribution >= 4 is 23.8 Å². The quantitative estimate of drug-likeness (QED) is 0.387. The highest BCUT2D eigenvalue weighted by Gasteiger charge is 2.21. The van der Waals surface area contributed by atoms with Crippen molar-refractivity contribution in [3.05, 3.63) is 0 Å². The van der Waals surface area contributed by atoms with E-state index in [1.165, 1.54) is 0 Å². The molecule has 9 heteroatoms. The highest BCUT2D eigenvalue weighted by atomic mass is 16.1. The zero-order chi connectivity index (χ0) is 14.6. The number of carbonyl (C=O) groups excluding carboxylic acids is 1. The predicted octanol–water partition coefficient (Wildman–Crippen LogP) is -0.855. The molecule has 0 saturated carbocycles. The lowest BCUT2D eigenvalue weighted by molar-refractivity contribution is -0.119. The highest BCUT2D eigenvalue weighted by molar-refractivity contribution is 5.82. The van der Waals surface area contributed by atoms with Crippen molar-refractivity contribution in [3.63, 3.8) is 0 Å². The molecule has 1 atom stereocenters. The average molecular weight is 268 g/mol. The molecule has 0 saturated heterocycles. The van der Waals surface area contributed by atoms with Crippen LogP contribution >= 0.6 is 0 Å². The summed E-state index contributed by atoms with van der Waals surface area (Å²) >= 11 is 0. The number of rotatable bonds is 6. The van der Waals surface area contributed by atoms with Crippen molar-refractivity contribution in [1.82, 2.24) is 15.0 Å². The van der Waals surface area contributed by atoms with Gasteiger partial charge in [0.2, 0.25) is 23.8 Å². The van der Waals surface area contributed by atoms with Gasteiger partial charge in [-0.05, 0) is 5.92 Å². The standard InChI is InChI=1S/C10H20N8O/c1-5(2)6(7(11)19)13-8-14-9(17-12)16-10(15-8)18(3)4/h5-6H,12H2,1-4H3,(H2,11,19)(H2,13,14,15,16,17). The molecule has 1 aromatic heterocycles. The third-order valence-corrected chi connectivity index (χ3v) is 2.41. The summed E-state index contributed by atoms with van der Waals surface area (Å²) in [5.74, 6) is 5.69. The first-order valence-electron chi connectivity index (χ1n) is 5.81. The zero-order valence-corrected chi connectivity index (χ0v) is 11.5. The van der Waals surface area contributed by atoms with Crippen LogP contribution in [0.5, 0.6) is 0 Å². The van der Waals surface area contributed by atoms with Crippen LogP contribution in [0.25, 0.3) is 0 Å². The number of hydrogen-bond acceptors (Lipinski definition) is 8.